The molecule has 0 atom stereocenters. The highest BCUT2D eigenvalue weighted by Crippen LogP contribution is 2.22. The molecule has 0 fully saturated rings. The Morgan fingerprint density at radius 3 is 2.78 bits per heavy atom. The van der Waals surface area contributed by atoms with E-state index in [-0.39, 0.29) is 11.3 Å². The molecule has 6 nitrogen and oxygen atoms in total. The Labute approximate surface area is 133 Å². The van der Waals surface area contributed by atoms with Crippen LogP contribution >= 0.6 is 0 Å². The van der Waals surface area contributed by atoms with Crippen molar-refractivity contribution in [1.82, 2.24) is 5.43 Å². The Morgan fingerprint density at radius 2 is 1.96 bits per heavy atom. The first-order valence-corrected chi connectivity index (χ1v) is 7.34. The average Bonchev–Trinajstić information content (AvgIpc) is 3.02. The molecule has 2 aromatic carbocycles. The number of nitro benzene ring substituents is 1. The van der Waals surface area contributed by atoms with Gasteiger partial charge in [0.05, 0.1) is 11.1 Å². The van der Waals surface area contributed by atoms with Gasteiger partial charge in [-0.2, -0.15) is 5.10 Å². The van der Waals surface area contributed by atoms with E-state index in [1.165, 1.54) is 35.7 Å². The standard InChI is InChI=1S/C17H15N3O3/c21-17(15-6-1-2-7-16(15)20(22)23)19-18-11-12-8-9-13-4-3-5-14(13)10-12/h1-2,6-11H,3-5H2,(H,19,21). The van der Waals surface area contributed by atoms with Crippen molar-refractivity contribution in [3.63, 3.8) is 0 Å². The molecule has 0 saturated heterocycles. The van der Waals surface area contributed by atoms with Crippen molar-refractivity contribution >= 4 is 17.8 Å². The first kappa shape index (κ1) is 14.9. The fourth-order valence-electron chi connectivity index (χ4n) is 2.72. The third-order valence-electron chi connectivity index (χ3n) is 3.85. The number of benzene rings is 2. The van der Waals surface area contributed by atoms with Crippen LogP contribution in [0.25, 0.3) is 0 Å². The van der Waals surface area contributed by atoms with Gasteiger partial charge in [0, 0.05) is 6.07 Å². The van der Waals surface area contributed by atoms with E-state index in [1.807, 2.05) is 6.07 Å². The smallest absolute Gasteiger partial charge is 0.267 e. The summed E-state index contributed by atoms with van der Waals surface area (Å²) in [5, 5.41) is 14.8. The van der Waals surface area contributed by atoms with E-state index in [9.17, 15) is 14.9 Å². The molecule has 0 radical (unpaired) electrons. The molecule has 6 heteroatoms. The van der Waals surface area contributed by atoms with Crippen molar-refractivity contribution in [2.45, 2.75) is 19.3 Å². The van der Waals surface area contributed by atoms with E-state index in [0.29, 0.717) is 0 Å². The van der Waals surface area contributed by atoms with Gasteiger partial charge in [-0.3, -0.25) is 14.9 Å². The topological polar surface area (TPSA) is 84.6 Å². The number of nitro groups is 1. The molecule has 1 N–H and O–H groups in total. The predicted molar refractivity (Wildman–Crippen MR) is 86.6 cm³/mol. The fraction of sp³-hybridized carbons (Fsp3) is 0.176. The maximum absolute atomic E-state index is 12.0. The third kappa shape index (κ3) is 3.26. The Hall–Kier alpha value is -3.02. The molecule has 0 unspecified atom stereocenters. The lowest BCUT2D eigenvalue weighted by atomic mass is 10.1. The van der Waals surface area contributed by atoms with Gasteiger partial charge in [-0.15, -0.1) is 0 Å². The fourth-order valence-corrected chi connectivity index (χ4v) is 2.72. The van der Waals surface area contributed by atoms with Crippen LogP contribution in [0.3, 0.4) is 0 Å². The summed E-state index contributed by atoms with van der Waals surface area (Å²) in [4.78, 5) is 22.4. The molecule has 1 amide bonds. The lowest BCUT2D eigenvalue weighted by Gasteiger charge is -2.02. The molecule has 23 heavy (non-hydrogen) atoms. The second-order valence-corrected chi connectivity index (χ2v) is 5.36. The third-order valence-corrected chi connectivity index (χ3v) is 3.85. The van der Waals surface area contributed by atoms with Crippen molar-refractivity contribution in [3.8, 4) is 0 Å². The first-order valence-electron chi connectivity index (χ1n) is 7.34. The van der Waals surface area contributed by atoms with Crippen molar-refractivity contribution in [3.05, 3.63) is 74.8 Å². The monoisotopic (exact) mass is 309 g/mol. The van der Waals surface area contributed by atoms with E-state index in [4.69, 9.17) is 0 Å². The van der Waals surface area contributed by atoms with Crippen molar-refractivity contribution in [2.24, 2.45) is 5.10 Å². The summed E-state index contributed by atoms with van der Waals surface area (Å²) in [5.74, 6) is -0.602. The van der Waals surface area contributed by atoms with E-state index < -0.39 is 10.8 Å². The molecule has 1 aliphatic rings. The minimum absolute atomic E-state index is 0.0106. The van der Waals surface area contributed by atoms with Gasteiger partial charge >= 0.3 is 0 Å². The van der Waals surface area contributed by atoms with Crippen molar-refractivity contribution in [1.29, 1.82) is 0 Å². The molecule has 0 heterocycles. The molecule has 1 aliphatic carbocycles. The molecule has 0 aliphatic heterocycles. The summed E-state index contributed by atoms with van der Waals surface area (Å²) in [5.41, 5.74) is 5.67. The summed E-state index contributed by atoms with van der Waals surface area (Å²) in [7, 11) is 0. The zero-order chi connectivity index (χ0) is 16.2. The normalized spacial score (nSPS) is 13.0. The lowest BCUT2D eigenvalue weighted by Crippen LogP contribution is -2.18. The number of aryl methyl sites for hydroxylation is 2. The number of hydrogen-bond donors (Lipinski definition) is 1. The van der Waals surface area contributed by atoms with Gasteiger partial charge in [0.25, 0.3) is 11.6 Å². The number of amides is 1. The Kier molecular flexibility index (Phi) is 4.14. The maximum Gasteiger partial charge on any atom is 0.282 e. The minimum atomic E-state index is -0.602. The van der Waals surface area contributed by atoms with Crippen LogP contribution in [0.2, 0.25) is 0 Å². The largest absolute Gasteiger partial charge is 0.282 e. The van der Waals surface area contributed by atoms with Gasteiger partial charge in [-0.1, -0.05) is 24.3 Å². The number of nitrogens with one attached hydrogen (secondary N) is 1. The summed E-state index contributed by atoms with van der Waals surface area (Å²) >= 11 is 0. The predicted octanol–water partition coefficient (Wildman–Crippen LogP) is 2.85. The molecular formula is C17H15N3O3. The highest BCUT2D eigenvalue weighted by atomic mass is 16.6. The molecular weight excluding hydrogens is 294 g/mol. The van der Waals surface area contributed by atoms with E-state index in [2.05, 4.69) is 22.7 Å². The molecule has 0 spiro atoms. The van der Waals surface area contributed by atoms with Crippen LogP contribution in [0.15, 0.2) is 47.6 Å². The summed E-state index contributed by atoms with van der Waals surface area (Å²) < 4.78 is 0. The molecule has 2 aromatic rings. The van der Waals surface area contributed by atoms with Crippen molar-refractivity contribution in [2.75, 3.05) is 0 Å². The van der Waals surface area contributed by atoms with Crippen LogP contribution in [-0.4, -0.2) is 17.0 Å². The number of rotatable bonds is 4. The molecule has 0 aromatic heterocycles. The number of carbonyl (C=O) groups excluding carboxylic acids is 1. The number of carbonyl (C=O) groups is 1. The van der Waals surface area contributed by atoms with Crippen LogP contribution < -0.4 is 5.43 Å². The second kappa shape index (κ2) is 6.39. The molecule has 0 bridgehead atoms. The lowest BCUT2D eigenvalue weighted by molar-refractivity contribution is -0.385. The van der Waals surface area contributed by atoms with E-state index in [1.54, 1.807) is 12.3 Å². The van der Waals surface area contributed by atoms with Crippen LogP contribution in [0, 0.1) is 10.1 Å². The average molecular weight is 309 g/mol. The van der Waals surface area contributed by atoms with E-state index >= 15 is 0 Å². The minimum Gasteiger partial charge on any atom is -0.267 e. The second-order valence-electron chi connectivity index (χ2n) is 5.36. The Balaban J connectivity index is 1.71. The van der Waals surface area contributed by atoms with Gasteiger partial charge in [0.2, 0.25) is 0 Å². The summed E-state index contributed by atoms with van der Waals surface area (Å²) in [6, 6.07) is 11.9. The number of fused-ring (bicyclic) bond motifs is 1. The number of hydrazone groups is 1. The van der Waals surface area contributed by atoms with Gasteiger partial charge in [0.15, 0.2) is 0 Å². The zero-order valence-corrected chi connectivity index (χ0v) is 12.4. The summed E-state index contributed by atoms with van der Waals surface area (Å²) in [6.07, 6.45) is 4.90. The van der Waals surface area contributed by atoms with E-state index in [0.717, 1.165) is 18.4 Å². The van der Waals surface area contributed by atoms with Gasteiger partial charge in [-0.05, 0) is 48.1 Å². The van der Waals surface area contributed by atoms with Gasteiger partial charge < -0.3 is 0 Å². The Morgan fingerprint density at radius 1 is 1.17 bits per heavy atom. The van der Waals surface area contributed by atoms with Crippen molar-refractivity contribution < 1.29 is 9.72 Å². The Bertz CT molecular complexity index is 799. The van der Waals surface area contributed by atoms with Gasteiger partial charge in [-0.25, -0.2) is 5.43 Å². The highest BCUT2D eigenvalue weighted by molar-refractivity contribution is 5.98. The summed E-state index contributed by atoms with van der Waals surface area (Å²) in [6.45, 7) is 0. The zero-order valence-electron chi connectivity index (χ0n) is 12.4. The maximum atomic E-state index is 12.0. The van der Waals surface area contributed by atoms with Crippen LogP contribution in [-0.2, 0) is 12.8 Å². The number of para-hydroxylation sites is 1. The number of hydrogen-bond acceptors (Lipinski definition) is 4. The number of nitrogens with zero attached hydrogens (tertiary/aromatic N) is 2. The molecule has 116 valence electrons. The first-order chi connectivity index (χ1) is 11.1. The highest BCUT2D eigenvalue weighted by Gasteiger charge is 2.18. The van der Waals surface area contributed by atoms with Crippen LogP contribution in [0.5, 0.6) is 0 Å². The van der Waals surface area contributed by atoms with Crippen LogP contribution in [0.1, 0.15) is 33.5 Å². The quantitative estimate of drug-likeness (QED) is 0.535. The molecule has 0 saturated carbocycles. The SMILES string of the molecule is O=C(NN=Cc1ccc2c(c1)CCC2)c1ccccc1[N+](=O)[O-]. The van der Waals surface area contributed by atoms with Crippen LogP contribution in [0.4, 0.5) is 5.69 Å². The van der Waals surface area contributed by atoms with Gasteiger partial charge in [0.1, 0.15) is 5.56 Å². The molecule has 3 rings (SSSR count).